The Morgan fingerprint density at radius 1 is 1.33 bits per heavy atom. The van der Waals surface area contributed by atoms with Crippen molar-refractivity contribution < 1.29 is 9.47 Å². The zero-order valence-corrected chi connectivity index (χ0v) is 11.9. The van der Waals surface area contributed by atoms with Crippen LogP contribution in [0.3, 0.4) is 0 Å². The van der Waals surface area contributed by atoms with Gasteiger partial charge in [-0.2, -0.15) is 0 Å². The van der Waals surface area contributed by atoms with E-state index in [9.17, 15) is 0 Å². The van der Waals surface area contributed by atoms with Crippen molar-refractivity contribution in [2.45, 2.75) is 39.8 Å². The van der Waals surface area contributed by atoms with E-state index in [2.05, 4.69) is 26.1 Å². The van der Waals surface area contributed by atoms with Gasteiger partial charge in [0.15, 0.2) is 11.5 Å². The summed E-state index contributed by atoms with van der Waals surface area (Å²) in [6, 6.07) is 4.41. The van der Waals surface area contributed by atoms with Gasteiger partial charge in [0.05, 0.1) is 5.02 Å². The predicted molar refractivity (Wildman–Crippen MR) is 73.3 cm³/mol. The maximum atomic E-state index is 6.15. The number of fused-ring (bicyclic) bond motifs is 1. The number of nitrogens with one attached hydrogen (secondary N) is 1. The van der Waals surface area contributed by atoms with Gasteiger partial charge in [-0.25, -0.2) is 0 Å². The van der Waals surface area contributed by atoms with Crippen LogP contribution >= 0.6 is 11.6 Å². The maximum absolute atomic E-state index is 6.15. The van der Waals surface area contributed by atoms with Crippen molar-refractivity contribution in [2.24, 2.45) is 5.92 Å². The predicted octanol–water partition coefficient (Wildman–Crippen LogP) is 3.59. The SMILES string of the molecule is CCC(C)C(C)NCc1cc(Cl)c2c(c1)OCO2. The number of halogens is 1. The molecule has 18 heavy (non-hydrogen) atoms. The number of benzene rings is 1. The van der Waals surface area contributed by atoms with E-state index in [1.165, 1.54) is 6.42 Å². The Bertz CT molecular complexity index is 423. The van der Waals surface area contributed by atoms with Gasteiger partial charge in [-0.3, -0.25) is 0 Å². The molecular formula is C14H20ClNO2. The summed E-state index contributed by atoms with van der Waals surface area (Å²) in [5.74, 6) is 2.07. The van der Waals surface area contributed by atoms with Crippen LogP contribution < -0.4 is 14.8 Å². The Hall–Kier alpha value is -0.930. The summed E-state index contributed by atoms with van der Waals surface area (Å²) in [7, 11) is 0. The van der Waals surface area contributed by atoms with Crippen molar-refractivity contribution >= 4 is 11.6 Å². The van der Waals surface area contributed by atoms with Gasteiger partial charge in [-0.05, 0) is 30.5 Å². The van der Waals surface area contributed by atoms with Gasteiger partial charge in [0.25, 0.3) is 0 Å². The molecule has 1 N–H and O–H groups in total. The molecule has 1 aromatic carbocycles. The Morgan fingerprint density at radius 3 is 2.83 bits per heavy atom. The van der Waals surface area contributed by atoms with Crippen LogP contribution in [-0.2, 0) is 6.54 Å². The summed E-state index contributed by atoms with van der Waals surface area (Å²) in [5, 5.41) is 4.14. The van der Waals surface area contributed by atoms with Gasteiger partial charge in [0, 0.05) is 12.6 Å². The van der Waals surface area contributed by atoms with Crippen LogP contribution in [0, 0.1) is 5.92 Å². The first-order valence-corrected chi connectivity index (χ1v) is 6.81. The molecule has 0 bridgehead atoms. The number of ether oxygens (including phenoxy) is 2. The van der Waals surface area contributed by atoms with Crippen molar-refractivity contribution in [1.82, 2.24) is 5.32 Å². The lowest BCUT2D eigenvalue weighted by atomic mass is 10.0. The van der Waals surface area contributed by atoms with Crippen molar-refractivity contribution in [1.29, 1.82) is 0 Å². The standard InChI is InChI=1S/C14H20ClNO2/c1-4-9(2)10(3)16-7-11-5-12(15)14-13(6-11)17-8-18-14/h5-6,9-10,16H,4,7-8H2,1-3H3. The van der Waals surface area contributed by atoms with Gasteiger partial charge in [0.1, 0.15) is 0 Å². The molecule has 0 fully saturated rings. The van der Waals surface area contributed by atoms with Gasteiger partial charge in [0.2, 0.25) is 6.79 Å². The summed E-state index contributed by atoms with van der Waals surface area (Å²) in [6.45, 7) is 7.73. The fraction of sp³-hybridized carbons (Fsp3) is 0.571. The zero-order valence-electron chi connectivity index (χ0n) is 11.1. The van der Waals surface area contributed by atoms with Crippen LogP contribution in [0.1, 0.15) is 32.8 Å². The molecule has 0 radical (unpaired) electrons. The highest BCUT2D eigenvalue weighted by Crippen LogP contribution is 2.39. The minimum atomic E-state index is 0.259. The van der Waals surface area contributed by atoms with Crippen LogP contribution in [0.15, 0.2) is 12.1 Å². The molecule has 1 heterocycles. The first-order chi connectivity index (χ1) is 8.61. The summed E-state index contributed by atoms with van der Waals surface area (Å²) < 4.78 is 10.7. The van der Waals surface area contributed by atoms with Crippen LogP contribution in [0.2, 0.25) is 5.02 Å². The van der Waals surface area contributed by atoms with Gasteiger partial charge in [-0.1, -0.05) is 31.9 Å². The molecule has 0 saturated heterocycles. The molecular weight excluding hydrogens is 250 g/mol. The number of rotatable bonds is 5. The topological polar surface area (TPSA) is 30.5 Å². The largest absolute Gasteiger partial charge is 0.454 e. The second-order valence-corrected chi connectivity index (χ2v) is 5.27. The Labute approximate surface area is 113 Å². The molecule has 1 aliphatic heterocycles. The molecule has 0 aliphatic carbocycles. The lowest BCUT2D eigenvalue weighted by Gasteiger charge is -2.20. The fourth-order valence-electron chi connectivity index (χ4n) is 1.96. The average molecular weight is 270 g/mol. The molecule has 1 aromatic rings. The van der Waals surface area contributed by atoms with E-state index < -0.39 is 0 Å². The smallest absolute Gasteiger partial charge is 0.231 e. The molecule has 0 saturated carbocycles. The molecule has 3 nitrogen and oxygen atoms in total. The zero-order chi connectivity index (χ0) is 13.1. The summed E-state index contributed by atoms with van der Waals surface area (Å²) in [4.78, 5) is 0. The second-order valence-electron chi connectivity index (χ2n) is 4.87. The minimum absolute atomic E-state index is 0.259. The van der Waals surface area contributed by atoms with Crippen LogP contribution in [-0.4, -0.2) is 12.8 Å². The minimum Gasteiger partial charge on any atom is -0.454 e. The van der Waals surface area contributed by atoms with E-state index >= 15 is 0 Å². The quantitative estimate of drug-likeness (QED) is 0.886. The maximum Gasteiger partial charge on any atom is 0.231 e. The molecule has 0 aromatic heterocycles. The molecule has 100 valence electrons. The Balaban J connectivity index is 2.00. The molecule has 2 rings (SSSR count). The highest BCUT2D eigenvalue weighted by Gasteiger charge is 2.18. The number of hydrogen-bond donors (Lipinski definition) is 1. The normalized spacial score (nSPS) is 16.7. The lowest BCUT2D eigenvalue weighted by Crippen LogP contribution is -2.31. The van der Waals surface area contributed by atoms with E-state index in [4.69, 9.17) is 21.1 Å². The average Bonchev–Trinajstić information content (AvgIpc) is 2.83. The van der Waals surface area contributed by atoms with E-state index in [1.807, 2.05) is 12.1 Å². The van der Waals surface area contributed by atoms with Crippen molar-refractivity contribution in [3.05, 3.63) is 22.7 Å². The summed E-state index contributed by atoms with van der Waals surface area (Å²) >= 11 is 6.15. The van der Waals surface area contributed by atoms with Crippen LogP contribution in [0.25, 0.3) is 0 Å². The van der Waals surface area contributed by atoms with Crippen molar-refractivity contribution in [3.63, 3.8) is 0 Å². The molecule has 2 atom stereocenters. The molecule has 1 aliphatic rings. The third kappa shape index (κ3) is 2.90. The van der Waals surface area contributed by atoms with Crippen LogP contribution in [0.5, 0.6) is 11.5 Å². The van der Waals surface area contributed by atoms with Gasteiger partial charge >= 0.3 is 0 Å². The first-order valence-electron chi connectivity index (χ1n) is 6.43. The molecule has 2 unspecified atom stereocenters. The second kappa shape index (κ2) is 5.81. The highest BCUT2D eigenvalue weighted by molar-refractivity contribution is 6.32. The van der Waals surface area contributed by atoms with E-state index in [0.29, 0.717) is 22.7 Å². The Kier molecular flexibility index (Phi) is 4.36. The van der Waals surface area contributed by atoms with Gasteiger partial charge in [-0.15, -0.1) is 0 Å². The monoisotopic (exact) mass is 269 g/mol. The van der Waals surface area contributed by atoms with Crippen LogP contribution in [0.4, 0.5) is 0 Å². The third-order valence-corrected chi connectivity index (χ3v) is 3.89. The molecule has 4 heteroatoms. The van der Waals surface area contributed by atoms with E-state index in [-0.39, 0.29) is 6.79 Å². The third-order valence-electron chi connectivity index (χ3n) is 3.61. The molecule has 0 spiro atoms. The van der Waals surface area contributed by atoms with Crippen molar-refractivity contribution in [2.75, 3.05) is 6.79 Å². The lowest BCUT2D eigenvalue weighted by molar-refractivity contribution is 0.174. The highest BCUT2D eigenvalue weighted by atomic mass is 35.5. The van der Waals surface area contributed by atoms with E-state index in [1.54, 1.807) is 0 Å². The van der Waals surface area contributed by atoms with E-state index in [0.717, 1.165) is 17.9 Å². The summed E-state index contributed by atoms with van der Waals surface area (Å²) in [5.41, 5.74) is 1.12. The molecule has 0 amide bonds. The fourth-order valence-corrected chi connectivity index (χ4v) is 2.24. The number of hydrogen-bond acceptors (Lipinski definition) is 3. The first kappa shape index (κ1) is 13.5. The summed E-state index contributed by atoms with van der Waals surface area (Å²) in [6.07, 6.45) is 1.18. The van der Waals surface area contributed by atoms with Crippen molar-refractivity contribution in [3.8, 4) is 11.5 Å². The van der Waals surface area contributed by atoms with Gasteiger partial charge < -0.3 is 14.8 Å². The Morgan fingerprint density at radius 2 is 2.11 bits per heavy atom.